The van der Waals surface area contributed by atoms with Gasteiger partial charge in [-0.05, 0) is 111 Å². The lowest BCUT2D eigenvalue weighted by atomic mass is 9.44. The van der Waals surface area contributed by atoms with Crippen molar-refractivity contribution >= 4 is 11.9 Å². The van der Waals surface area contributed by atoms with Crippen LogP contribution in [0, 0.1) is 46.3 Å². The molecule has 184 valence electrons. The molecule has 0 aromatic rings. The maximum Gasteiger partial charge on any atom is 0.303 e. The molecule has 1 unspecified atom stereocenters. The second-order valence-electron chi connectivity index (χ2n) is 12.0. The Kier molecular flexibility index (Phi) is 8.00. The minimum Gasteiger partial charge on any atom is -0.481 e. The number of rotatable bonds is 5. The van der Waals surface area contributed by atoms with Gasteiger partial charge in [-0.3, -0.25) is 9.59 Å². The molecule has 4 aliphatic rings. The minimum absolute atomic E-state index is 0.0561. The minimum atomic E-state index is -0.745. The van der Waals surface area contributed by atoms with Crippen LogP contribution < -0.4 is 0 Å². The lowest BCUT2D eigenvalue weighted by molar-refractivity contribution is -0.138. The van der Waals surface area contributed by atoms with Crippen molar-refractivity contribution in [3.63, 3.8) is 0 Å². The van der Waals surface area contributed by atoms with E-state index in [1.807, 2.05) is 0 Å². The molecule has 0 amide bonds. The third-order valence-electron chi connectivity index (χ3n) is 10.5. The quantitative estimate of drug-likeness (QED) is 0.478. The van der Waals surface area contributed by atoms with Gasteiger partial charge in [-0.1, -0.05) is 27.7 Å². The van der Waals surface area contributed by atoms with Gasteiger partial charge in [0.25, 0.3) is 0 Å². The maximum atomic E-state index is 11.0. The van der Waals surface area contributed by atoms with Crippen molar-refractivity contribution in [3.05, 3.63) is 0 Å². The zero-order chi connectivity index (χ0) is 23.7. The summed E-state index contributed by atoms with van der Waals surface area (Å²) in [5, 5.41) is 27.0. The van der Waals surface area contributed by atoms with Crippen molar-refractivity contribution in [2.24, 2.45) is 46.3 Å². The van der Waals surface area contributed by atoms with Crippen molar-refractivity contribution in [1.29, 1.82) is 0 Å². The molecule has 4 saturated carbocycles. The molecule has 4 aliphatic carbocycles. The van der Waals surface area contributed by atoms with Crippen molar-refractivity contribution in [2.75, 3.05) is 0 Å². The van der Waals surface area contributed by atoms with Gasteiger partial charge in [0.15, 0.2) is 0 Å². The molecule has 0 aliphatic heterocycles. The van der Waals surface area contributed by atoms with E-state index in [-0.39, 0.29) is 12.5 Å². The Morgan fingerprint density at radius 3 is 2.16 bits per heavy atom. The molecule has 0 spiro atoms. The number of carboxylic acids is 2. The van der Waals surface area contributed by atoms with Crippen molar-refractivity contribution in [2.45, 2.75) is 111 Å². The van der Waals surface area contributed by atoms with E-state index in [9.17, 15) is 14.7 Å². The monoisotopic (exact) mass is 450 g/mol. The fraction of sp³-hybridized carbons (Fsp3) is 0.926. The lowest BCUT2D eigenvalue weighted by Crippen LogP contribution is -2.54. The average molecular weight is 451 g/mol. The number of aliphatic hydroxyl groups is 1. The van der Waals surface area contributed by atoms with Crippen LogP contribution in [0.2, 0.25) is 0 Å². The summed E-state index contributed by atoms with van der Waals surface area (Å²) in [6.07, 6.45) is 12.7. The van der Waals surface area contributed by atoms with Gasteiger partial charge in [-0.15, -0.1) is 0 Å². The van der Waals surface area contributed by atoms with E-state index in [1.54, 1.807) is 6.92 Å². The summed E-state index contributed by atoms with van der Waals surface area (Å²) in [5.74, 6) is 3.16. The first-order chi connectivity index (χ1) is 15.0. The highest BCUT2D eigenvalue weighted by molar-refractivity contribution is 5.66. The van der Waals surface area contributed by atoms with Crippen LogP contribution >= 0.6 is 0 Å². The van der Waals surface area contributed by atoms with Gasteiger partial charge in [-0.2, -0.15) is 0 Å². The van der Waals surface area contributed by atoms with Crippen LogP contribution in [0.15, 0.2) is 0 Å². The fourth-order valence-electron chi connectivity index (χ4n) is 8.76. The van der Waals surface area contributed by atoms with E-state index in [2.05, 4.69) is 20.8 Å². The summed E-state index contributed by atoms with van der Waals surface area (Å²) < 4.78 is 0. The van der Waals surface area contributed by atoms with Crippen LogP contribution in [0.5, 0.6) is 0 Å². The largest absolute Gasteiger partial charge is 0.481 e. The highest BCUT2D eigenvalue weighted by atomic mass is 16.4. The van der Waals surface area contributed by atoms with Gasteiger partial charge in [0.2, 0.25) is 0 Å². The SMILES string of the molecule is CCC(=O)O.C[C@H](CCC(=O)O)[C@H]1CC[C@H]2[C@@H]3CCC4C[C@H](O)CC[C@]4(C)[C@H]3CC[C@]12C. The molecule has 0 aromatic heterocycles. The summed E-state index contributed by atoms with van der Waals surface area (Å²) >= 11 is 0. The smallest absolute Gasteiger partial charge is 0.303 e. The molecule has 3 N–H and O–H groups in total. The summed E-state index contributed by atoms with van der Waals surface area (Å²) in [6.45, 7) is 9.03. The summed E-state index contributed by atoms with van der Waals surface area (Å²) in [4.78, 5) is 20.4. The Labute approximate surface area is 194 Å². The van der Waals surface area contributed by atoms with Crippen LogP contribution in [0.3, 0.4) is 0 Å². The van der Waals surface area contributed by atoms with Gasteiger partial charge in [0.1, 0.15) is 0 Å². The molecule has 0 bridgehead atoms. The molecule has 0 aromatic carbocycles. The second-order valence-corrected chi connectivity index (χ2v) is 12.0. The van der Waals surface area contributed by atoms with Crippen molar-refractivity contribution in [1.82, 2.24) is 0 Å². The first-order valence-electron chi connectivity index (χ1n) is 13.1. The third-order valence-corrected chi connectivity index (χ3v) is 10.5. The molecule has 5 nitrogen and oxygen atoms in total. The molecule has 0 radical (unpaired) electrons. The normalized spacial score (nSPS) is 43.7. The molecule has 32 heavy (non-hydrogen) atoms. The molecule has 9 atom stereocenters. The van der Waals surface area contributed by atoms with E-state index in [4.69, 9.17) is 10.2 Å². The Morgan fingerprint density at radius 2 is 1.53 bits per heavy atom. The van der Waals surface area contributed by atoms with Crippen molar-refractivity contribution in [3.8, 4) is 0 Å². The number of hydrogen-bond donors (Lipinski definition) is 3. The molecule has 4 rings (SSSR count). The molecule has 5 heteroatoms. The highest BCUT2D eigenvalue weighted by Crippen LogP contribution is 2.68. The highest BCUT2D eigenvalue weighted by Gasteiger charge is 2.60. The van der Waals surface area contributed by atoms with E-state index in [0.29, 0.717) is 29.1 Å². The maximum absolute atomic E-state index is 11.0. The standard InChI is InChI=1S/C24H40O3.C3H6O2/c1-15(4-9-22(26)27)19-7-8-20-18-6-5-16-14-17(25)10-12-23(16,2)21(18)11-13-24(19,20)3;1-2-3(4)5/h15-21,25H,4-14H2,1-3H3,(H,26,27);2H2,1H3,(H,4,5)/t15-,16?,17-,18+,19-,20+,21+,23+,24-;/m1./s1. The predicted octanol–water partition coefficient (Wildman–Crippen LogP) is 5.99. The van der Waals surface area contributed by atoms with Gasteiger partial charge in [0, 0.05) is 12.8 Å². The van der Waals surface area contributed by atoms with Crippen LogP contribution in [-0.4, -0.2) is 33.4 Å². The van der Waals surface area contributed by atoms with Crippen LogP contribution in [-0.2, 0) is 9.59 Å². The summed E-state index contributed by atoms with van der Waals surface area (Å²) in [5.41, 5.74) is 0.882. The molecule has 0 saturated heterocycles. The van der Waals surface area contributed by atoms with Gasteiger partial charge in [0.05, 0.1) is 6.10 Å². The second kappa shape index (κ2) is 10.0. The van der Waals surface area contributed by atoms with Crippen molar-refractivity contribution < 1.29 is 24.9 Å². The first kappa shape index (κ1) is 25.5. The molecular formula is C27H46O5. The molecule has 0 heterocycles. The number of carboxylic acid groups (broad SMARTS) is 2. The van der Waals surface area contributed by atoms with E-state index in [1.165, 1.54) is 44.9 Å². The van der Waals surface area contributed by atoms with E-state index < -0.39 is 11.9 Å². The zero-order valence-corrected chi connectivity index (χ0v) is 20.7. The number of aliphatic hydroxyl groups excluding tert-OH is 1. The summed E-state index contributed by atoms with van der Waals surface area (Å²) in [7, 11) is 0. The average Bonchev–Trinajstić information content (AvgIpc) is 3.10. The van der Waals surface area contributed by atoms with Gasteiger partial charge >= 0.3 is 11.9 Å². The zero-order valence-electron chi connectivity index (χ0n) is 20.7. The summed E-state index contributed by atoms with van der Waals surface area (Å²) in [6, 6.07) is 0. The lowest BCUT2D eigenvalue weighted by Gasteiger charge is -2.61. The van der Waals surface area contributed by atoms with Crippen LogP contribution in [0.1, 0.15) is 105 Å². The molecule has 4 fully saturated rings. The third kappa shape index (κ3) is 4.88. The molecular weight excluding hydrogens is 404 g/mol. The number of fused-ring (bicyclic) bond motifs is 5. The Hall–Kier alpha value is -1.10. The fourth-order valence-corrected chi connectivity index (χ4v) is 8.76. The van der Waals surface area contributed by atoms with Crippen LogP contribution in [0.25, 0.3) is 0 Å². The van der Waals surface area contributed by atoms with Crippen LogP contribution in [0.4, 0.5) is 0 Å². The Bertz CT molecular complexity index is 677. The van der Waals surface area contributed by atoms with Gasteiger partial charge < -0.3 is 15.3 Å². The van der Waals surface area contributed by atoms with E-state index >= 15 is 0 Å². The Balaban J connectivity index is 0.000000523. The topological polar surface area (TPSA) is 94.8 Å². The number of carbonyl (C=O) groups is 2. The number of aliphatic carboxylic acids is 2. The predicted molar refractivity (Wildman–Crippen MR) is 125 cm³/mol. The van der Waals surface area contributed by atoms with Gasteiger partial charge in [-0.25, -0.2) is 0 Å². The van der Waals surface area contributed by atoms with E-state index in [0.717, 1.165) is 42.9 Å². The first-order valence-corrected chi connectivity index (χ1v) is 13.1. The Morgan fingerprint density at radius 1 is 0.906 bits per heavy atom. The number of hydrogen-bond acceptors (Lipinski definition) is 3.